The lowest BCUT2D eigenvalue weighted by Crippen LogP contribution is -2.04. The average Bonchev–Trinajstić information content (AvgIpc) is 2.74. The van der Waals surface area contributed by atoms with E-state index in [1.165, 1.54) is 0 Å². The van der Waals surface area contributed by atoms with Crippen LogP contribution in [0, 0.1) is 3.57 Å². The van der Waals surface area contributed by atoms with Crippen molar-refractivity contribution >= 4 is 39.4 Å². The van der Waals surface area contributed by atoms with Gasteiger partial charge in [-0.25, -0.2) is 9.67 Å². The van der Waals surface area contributed by atoms with Crippen molar-refractivity contribution in [1.82, 2.24) is 19.7 Å². The fourth-order valence-corrected chi connectivity index (χ4v) is 2.06. The number of benzene rings is 1. The molecule has 0 bridgehead atoms. The first-order chi connectivity index (χ1) is 8.24. The predicted octanol–water partition coefficient (Wildman–Crippen LogP) is 2.00. The van der Waals surface area contributed by atoms with Crippen molar-refractivity contribution in [2.75, 3.05) is 5.73 Å². The largest absolute Gasteiger partial charge is 0.368 e. The van der Waals surface area contributed by atoms with Gasteiger partial charge in [-0.2, -0.15) is 10.1 Å². The Balaban J connectivity index is 2.35. The Morgan fingerprint density at radius 2 is 2.00 bits per heavy atom. The van der Waals surface area contributed by atoms with Crippen LogP contribution in [0.25, 0.3) is 16.7 Å². The Labute approximate surface area is 111 Å². The molecular weight excluding hydrogens is 329 g/mol. The van der Waals surface area contributed by atoms with E-state index in [2.05, 4.69) is 37.7 Å². The molecule has 0 atom stereocenters. The number of nitrogens with zero attached hydrogens (tertiary/aromatic N) is 4. The summed E-state index contributed by atoms with van der Waals surface area (Å²) in [6, 6.07) is 7.73. The first kappa shape index (κ1) is 10.5. The molecule has 0 saturated carbocycles. The van der Waals surface area contributed by atoms with E-state index >= 15 is 0 Å². The lowest BCUT2D eigenvalue weighted by Gasteiger charge is -2.05. The highest BCUT2D eigenvalue weighted by molar-refractivity contribution is 14.1. The summed E-state index contributed by atoms with van der Waals surface area (Å²) in [5.74, 6) is 0.959. The molecule has 6 heteroatoms. The highest BCUT2D eigenvalue weighted by Crippen LogP contribution is 2.19. The molecule has 0 amide bonds. The van der Waals surface area contributed by atoms with Gasteiger partial charge in [0.05, 0.1) is 15.3 Å². The molecule has 5 nitrogen and oxygen atoms in total. The standard InChI is InChI=1S/C11H8IN5/c12-7-5-14-17(6-7)10-8-3-1-2-4-9(8)15-11(13)16-10/h1-6H,(H2,13,15,16). The van der Waals surface area contributed by atoms with Crippen molar-refractivity contribution in [1.29, 1.82) is 0 Å². The molecule has 17 heavy (non-hydrogen) atoms. The second-order valence-electron chi connectivity index (χ2n) is 3.53. The Morgan fingerprint density at radius 1 is 1.18 bits per heavy atom. The summed E-state index contributed by atoms with van der Waals surface area (Å²) in [6.45, 7) is 0. The Morgan fingerprint density at radius 3 is 2.76 bits per heavy atom. The number of para-hydroxylation sites is 1. The van der Waals surface area contributed by atoms with E-state index in [4.69, 9.17) is 5.73 Å². The summed E-state index contributed by atoms with van der Waals surface area (Å²) < 4.78 is 2.76. The van der Waals surface area contributed by atoms with E-state index in [1.807, 2.05) is 30.5 Å². The maximum Gasteiger partial charge on any atom is 0.222 e. The summed E-state index contributed by atoms with van der Waals surface area (Å²) in [5.41, 5.74) is 6.52. The van der Waals surface area contributed by atoms with Gasteiger partial charge >= 0.3 is 0 Å². The Bertz CT molecular complexity index is 691. The molecule has 2 aromatic heterocycles. The lowest BCUT2D eigenvalue weighted by molar-refractivity contribution is 0.853. The van der Waals surface area contributed by atoms with Gasteiger partial charge in [0, 0.05) is 11.6 Å². The van der Waals surface area contributed by atoms with Gasteiger partial charge in [-0.1, -0.05) is 12.1 Å². The molecule has 2 N–H and O–H groups in total. The molecule has 0 aliphatic rings. The number of rotatable bonds is 1. The van der Waals surface area contributed by atoms with Gasteiger partial charge in [-0.15, -0.1) is 0 Å². The van der Waals surface area contributed by atoms with Crippen molar-refractivity contribution in [2.45, 2.75) is 0 Å². The summed E-state index contributed by atoms with van der Waals surface area (Å²) in [6.07, 6.45) is 3.67. The summed E-state index contributed by atoms with van der Waals surface area (Å²) in [4.78, 5) is 8.44. The Hall–Kier alpha value is -1.70. The van der Waals surface area contributed by atoms with Crippen molar-refractivity contribution in [3.63, 3.8) is 0 Å². The monoisotopic (exact) mass is 337 g/mol. The second kappa shape index (κ2) is 3.95. The summed E-state index contributed by atoms with van der Waals surface area (Å²) in [7, 11) is 0. The van der Waals surface area contributed by atoms with Crippen LogP contribution in [0.5, 0.6) is 0 Å². The predicted molar refractivity (Wildman–Crippen MR) is 73.8 cm³/mol. The summed E-state index contributed by atoms with van der Waals surface area (Å²) in [5, 5.41) is 5.17. The molecule has 0 saturated heterocycles. The van der Waals surface area contributed by atoms with Crippen LogP contribution in [-0.4, -0.2) is 19.7 Å². The molecule has 1 aromatic carbocycles. The number of nitrogens with two attached hydrogens (primary N) is 1. The van der Waals surface area contributed by atoms with Gasteiger partial charge in [0.25, 0.3) is 0 Å². The average molecular weight is 337 g/mol. The zero-order valence-electron chi connectivity index (χ0n) is 8.71. The lowest BCUT2D eigenvalue weighted by atomic mass is 10.2. The van der Waals surface area contributed by atoms with Crippen LogP contribution in [-0.2, 0) is 0 Å². The topological polar surface area (TPSA) is 69.6 Å². The van der Waals surface area contributed by atoms with E-state index in [0.29, 0.717) is 5.82 Å². The molecule has 3 aromatic rings. The minimum Gasteiger partial charge on any atom is -0.368 e. The minimum absolute atomic E-state index is 0.254. The summed E-state index contributed by atoms with van der Waals surface area (Å²) >= 11 is 2.20. The van der Waals surface area contributed by atoms with Gasteiger partial charge in [0.15, 0.2) is 5.82 Å². The molecular formula is C11H8IN5. The molecule has 0 radical (unpaired) electrons. The molecule has 0 aliphatic heterocycles. The SMILES string of the molecule is Nc1nc(-n2cc(I)cn2)c2ccccc2n1. The van der Waals surface area contributed by atoms with Gasteiger partial charge < -0.3 is 5.73 Å². The van der Waals surface area contributed by atoms with Crippen LogP contribution < -0.4 is 5.73 Å². The molecule has 0 spiro atoms. The van der Waals surface area contributed by atoms with Gasteiger partial charge in [0.2, 0.25) is 5.95 Å². The number of nitrogen functional groups attached to an aromatic ring is 1. The quantitative estimate of drug-likeness (QED) is 0.690. The molecule has 3 rings (SSSR count). The highest BCUT2D eigenvalue weighted by atomic mass is 127. The third-order valence-electron chi connectivity index (χ3n) is 2.37. The second-order valence-corrected chi connectivity index (χ2v) is 4.77. The van der Waals surface area contributed by atoms with E-state index in [0.717, 1.165) is 14.5 Å². The van der Waals surface area contributed by atoms with Crippen LogP contribution in [0.4, 0.5) is 5.95 Å². The fourth-order valence-electron chi connectivity index (χ4n) is 1.67. The number of fused-ring (bicyclic) bond motifs is 1. The minimum atomic E-state index is 0.254. The molecule has 0 unspecified atom stereocenters. The van der Waals surface area contributed by atoms with E-state index in [-0.39, 0.29) is 5.95 Å². The van der Waals surface area contributed by atoms with Gasteiger partial charge in [-0.05, 0) is 34.7 Å². The van der Waals surface area contributed by atoms with Crippen molar-refractivity contribution in [3.8, 4) is 5.82 Å². The van der Waals surface area contributed by atoms with Crippen LogP contribution in [0.1, 0.15) is 0 Å². The van der Waals surface area contributed by atoms with E-state index in [9.17, 15) is 0 Å². The van der Waals surface area contributed by atoms with Crippen LogP contribution in [0.3, 0.4) is 0 Å². The molecule has 0 fully saturated rings. The maximum absolute atomic E-state index is 5.70. The van der Waals surface area contributed by atoms with Gasteiger partial charge in [0.1, 0.15) is 0 Å². The van der Waals surface area contributed by atoms with Crippen LogP contribution in [0.15, 0.2) is 36.7 Å². The van der Waals surface area contributed by atoms with Gasteiger partial charge in [-0.3, -0.25) is 0 Å². The zero-order chi connectivity index (χ0) is 11.8. The molecule has 84 valence electrons. The Kier molecular flexibility index (Phi) is 2.43. The van der Waals surface area contributed by atoms with E-state index in [1.54, 1.807) is 10.9 Å². The molecule has 2 heterocycles. The van der Waals surface area contributed by atoms with Crippen LogP contribution in [0.2, 0.25) is 0 Å². The number of aromatic nitrogens is 4. The van der Waals surface area contributed by atoms with Crippen molar-refractivity contribution < 1.29 is 0 Å². The number of anilines is 1. The maximum atomic E-state index is 5.70. The number of halogens is 1. The first-order valence-electron chi connectivity index (χ1n) is 4.97. The highest BCUT2D eigenvalue weighted by Gasteiger charge is 2.08. The van der Waals surface area contributed by atoms with E-state index < -0.39 is 0 Å². The first-order valence-corrected chi connectivity index (χ1v) is 6.05. The fraction of sp³-hybridized carbons (Fsp3) is 0. The smallest absolute Gasteiger partial charge is 0.222 e. The third-order valence-corrected chi connectivity index (χ3v) is 2.93. The van der Waals surface area contributed by atoms with Crippen LogP contribution >= 0.6 is 22.6 Å². The normalized spacial score (nSPS) is 10.9. The number of hydrogen-bond donors (Lipinski definition) is 1. The van der Waals surface area contributed by atoms with Crippen molar-refractivity contribution in [3.05, 3.63) is 40.2 Å². The number of hydrogen-bond acceptors (Lipinski definition) is 4. The van der Waals surface area contributed by atoms with Crippen molar-refractivity contribution in [2.24, 2.45) is 0 Å². The molecule has 0 aliphatic carbocycles. The zero-order valence-corrected chi connectivity index (χ0v) is 10.9. The third kappa shape index (κ3) is 1.84.